The summed E-state index contributed by atoms with van der Waals surface area (Å²) in [4.78, 5) is 23.3. The molecule has 1 aromatic carbocycles. The van der Waals surface area contributed by atoms with Crippen LogP contribution in [0.3, 0.4) is 0 Å². The SMILES string of the molecule is CCc1ccc2c(/C=C3\Oc4c(ccc(OC)c4CN4CCNCC4)C3=O)c[nH]c2n1. The van der Waals surface area contributed by atoms with E-state index in [0.717, 1.165) is 66.2 Å². The first kappa shape index (κ1) is 19.8. The standard InChI is InChI=1S/C24H26N4O3/c1-3-16-4-5-17-15(13-26-24(17)27-16)12-21-22(29)18-6-7-20(30-2)19(23(18)31-21)14-28-10-8-25-9-11-28/h4-7,12-13,25H,3,8-11,14H2,1-2H3,(H,26,27)/b21-12-. The molecular formula is C24H26N4O3. The second-order valence-electron chi connectivity index (χ2n) is 7.89. The molecular weight excluding hydrogens is 392 g/mol. The number of Topliss-reactive ketones (excluding diaryl/α,β-unsaturated/α-hetero) is 1. The average Bonchev–Trinajstić information content (AvgIpc) is 3.35. The van der Waals surface area contributed by atoms with E-state index in [4.69, 9.17) is 9.47 Å². The van der Waals surface area contributed by atoms with Crippen LogP contribution < -0.4 is 14.8 Å². The molecule has 7 nitrogen and oxygen atoms in total. The van der Waals surface area contributed by atoms with Gasteiger partial charge in [-0.25, -0.2) is 4.98 Å². The predicted octanol–water partition coefficient (Wildman–Crippen LogP) is 3.16. The number of ketones is 1. The van der Waals surface area contributed by atoms with E-state index in [-0.39, 0.29) is 5.78 Å². The fourth-order valence-corrected chi connectivity index (χ4v) is 4.25. The minimum Gasteiger partial charge on any atom is -0.496 e. The number of aromatic nitrogens is 2. The second kappa shape index (κ2) is 8.17. The van der Waals surface area contributed by atoms with Crippen LogP contribution in [-0.4, -0.2) is 53.9 Å². The molecule has 0 saturated carbocycles. The molecule has 0 bridgehead atoms. The van der Waals surface area contributed by atoms with E-state index in [2.05, 4.69) is 27.1 Å². The lowest BCUT2D eigenvalue weighted by molar-refractivity contribution is 0.101. The molecule has 7 heteroatoms. The van der Waals surface area contributed by atoms with Crippen molar-refractivity contribution in [3.8, 4) is 11.5 Å². The second-order valence-corrected chi connectivity index (χ2v) is 7.89. The number of H-pyrrole nitrogens is 1. The third-order valence-corrected chi connectivity index (χ3v) is 5.99. The molecule has 2 aliphatic heterocycles. The van der Waals surface area contributed by atoms with Crippen LogP contribution in [0.25, 0.3) is 17.1 Å². The first-order chi connectivity index (χ1) is 15.2. The van der Waals surface area contributed by atoms with Gasteiger partial charge < -0.3 is 19.8 Å². The van der Waals surface area contributed by atoms with Crippen molar-refractivity contribution >= 4 is 22.9 Å². The molecule has 4 heterocycles. The van der Waals surface area contributed by atoms with Gasteiger partial charge in [-0.15, -0.1) is 0 Å². The van der Waals surface area contributed by atoms with E-state index < -0.39 is 0 Å². The summed E-state index contributed by atoms with van der Waals surface area (Å²) in [7, 11) is 1.65. The van der Waals surface area contributed by atoms with Crippen molar-refractivity contribution in [1.82, 2.24) is 20.2 Å². The number of ether oxygens (including phenoxy) is 2. The molecule has 0 atom stereocenters. The van der Waals surface area contributed by atoms with E-state index in [1.165, 1.54) is 0 Å². The van der Waals surface area contributed by atoms with Crippen LogP contribution in [0.4, 0.5) is 0 Å². The van der Waals surface area contributed by atoms with Gasteiger partial charge in [0, 0.05) is 55.6 Å². The molecule has 2 aromatic heterocycles. The average molecular weight is 418 g/mol. The number of piperazine rings is 1. The summed E-state index contributed by atoms with van der Waals surface area (Å²) in [5, 5.41) is 4.33. The van der Waals surface area contributed by atoms with Crippen LogP contribution >= 0.6 is 0 Å². The fraction of sp³-hybridized carbons (Fsp3) is 0.333. The summed E-state index contributed by atoms with van der Waals surface area (Å²) < 4.78 is 11.8. The number of benzene rings is 1. The number of aromatic amines is 1. The van der Waals surface area contributed by atoms with Crippen LogP contribution in [0, 0.1) is 0 Å². The van der Waals surface area contributed by atoms with Crippen LogP contribution in [0.5, 0.6) is 11.5 Å². The number of pyridine rings is 1. The highest BCUT2D eigenvalue weighted by Crippen LogP contribution is 2.40. The van der Waals surface area contributed by atoms with E-state index in [1.54, 1.807) is 19.3 Å². The first-order valence-electron chi connectivity index (χ1n) is 10.7. The van der Waals surface area contributed by atoms with Gasteiger partial charge in [-0.2, -0.15) is 0 Å². The van der Waals surface area contributed by atoms with Gasteiger partial charge in [-0.3, -0.25) is 9.69 Å². The minimum atomic E-state index is -0.105. The van der Waals surface area contributed by atoms with Crippen molar-refractivity contribution in [3.05, 3.63) is 58.6 Å². The Bertz CT molecular complexity index is 1180. The van der Waals surface area contributed by atoms with Crippen molar-refractivity contribution in [1.29, 1.82) is 0 Å². The Labute approximate surface area is 181 Å². The number of hydrogen-bond donors (Lipinski definition) is 2. The number of nitrogens with one attached hydrogen (secondary N) is 2. The number of fused-ring (bicyclic) bond motifs is 2. The number of carbonyl (C=O) groups excluding carboxylic acids is 1. The van der Waals surface area contributed by atoms with Gasteiger partial charge in [0.1, 0.15) is 17.1 Å². The predicted molar refractivity (Wildman–Crippen MR) is 120 cm³/mol. The lowest BCUT2D eigenvalue weighted by Crippen LogP contribution is -2.43. The van der Waals surface area contributed by atoms with Gasteiger partial charge in [0.25, 0.3) is 0 Å². The Balaban J connectivity index is 1.50. The number of hydrogen-bond acceptors (Lipinski definition) is 6. The number of allylic oxidation sites excluding steroid dienone is 1. The quantitative estimate of drug-likeness (QED) is 0.620. The van der Waals surface area contributed by atoms with Crippen LogP contribution in [0.2, 0.25) is 0 Å². The number of nitrogens with zero attached hydrogens (tertiary/aromatic N) is 2. The molecule has 0 unspecified atom stereocenters. The molecule has 31 heavy (non-hydrogen) atoms. The molecule has 0 aliphatic carbocycles. The summed E-state index contributed by atoms with van der Waals surface area (Å²) >= 11 is 0. The van der Waals surface area contributed by atoms with Gasteiger partial charge in [0.05, 0.1) is 18.2 Å². The van der Waals surface area contributed by atoms with Crippen molar-refractivity contribution in [2.75, 3.05) is 33.3 Å². The Kier molecular flexibility index (Phi) is 5.21. The number of rotatable bonds is 5. The highest BCUT2D eigenvalue weighted by atomic mass is 16.5. The van der Waals surface area contributed by atoms with Gasteiger partial charge in [-0.05, 0) is 36.8 Å². The summed E-state index contributed by atoms with van der Waals surface area (Å²) in [6, 6.07) is 7.71. The monoisotopic (exact) mass is 418 g/mol. The van der Waals surface area contributed by atoms with Crippen molar-refractivity contribution in [2.45, 2.75) is 19.9 Å². The van der Waals surface area contributed by atoms with E-state index in [0.29, 0.717) is 23.6 Å². The highest BCUT2D eigenvalue weighted by Gasteiger charge is 2.32. The maximum atomic E-state index is 13.1. The summed E-state index contributed by atoms with van der Waals surface area (Å²) in [6.07, 6.45) is 4.54. The Morgan fingerprint density at radius 1 is 1.23 bits per heavy atom. The Morgan fingerprint density at radius 3 is 2.84 bits per heavy atom. The number of carbonyl (C=O) groups is 1. The highest BCUT2D eigenvalue weighted by molar-refractivity contribution is 6.15. The third kappa shape index (κ3) is 3.60. The molecule has 2 N–H and O–H groups in total. The lowest BCUT2D eigenvalue weighted by atomic mass is 10.0. The van der Waals surface area contributed by atoms with E-state index in [1.807, 2.05) is 24.4 Å². The molecule has 160 valence electrons. The molecule has 2 aliphatic rings. The number of methoxy groups -OCH3 is 1. The normalized spacial score (nSPS) is 17.9. The maximum absolute atomic E-state index is 13.1. The zero-order valence-corrected chi connectivity index (χ0v) is 17.8. The topological polar surface area (TPSA) is 79.5 Å². The Morgan fingerprint density at radius 2 is 2.06 bits per heavy atom. The van der Waals surface area contributed by atoms with Gasteiger partial charge in [-0.1, -0.05) is 6.92 Å². The molecule has 0 amide bonds. The van der Waals surface area contributed by atoms with Crippen molar-refractivity contribution in [3.63, 3.8) is 0 Å². The van der Waals surface area contributed by atoms with Crippen molar-refractivity contribution in [2.24, 2.45) is 0 Å². The summed E-state index contributed by atoms with van der Waals surface area (Å²) in [6.45, 7) is 6.57. The van der Waals surface area contributed by atoms with E-state index in [9.17, 15) is 4.79 Å². The fourth-order valence-electron chi connectivity index (χ4n) is 4.25. The summed E-state index contributed by atoms with van der Waals surface area (Å²) in [5.74, 6) is 1.58. The van der Waals surface area contributed by atoms with Gasteiger partial charge in [0.15, 0.2) is 5.76 Å². The molecule has 1 fully saturated rings. The third-order valence-electron chi connectivity index (χ3n) is 5.99. The van der Waals surface area contributed by atoms with Crippen molar-refractivity contribution < 1.29 is 14.3 Å². The van der Waals surface area contributed by atoms with Gasteiger partial charge >= 0.3 is 0 Å². The molecule has 0 spiro atoms. The minimum absolute atomic E-state index is 0.105. The van der Waals surface area contributed by atoms with Crippen LogP contribution in [0.1, 0.15) is 34.1 Å². The van der Waals surface area contributed by atoms with Crippen LogP contribution in [-0.2, 0) is 13.0 Å². The molecule has 5 rings (SSSR count). The maximum Gasteiger partial charge on any atom is 0.231 e. The smallest absolute Gasteiger partial charge is 0.231 e. The molecule has 1 saturated heterocycles. The molecule has 3 aromatic rings. The first-order valence-corrected chi connectivity index (χ1v) is 10.7. The zero-order valence-electron chi connectivity index (χ0n) is 17.8. The van der Waals surface area contributed by atoms with E-state index >= 15 is 0 Å². The van der Waals surface area contributed by atoms with Crippen LogP contribution in [0.15, 0.2) is 36.2 Å². The largest absolute Gasteiger partial charge is 0.496 e. The number of aryl methyl sites for hydroxylation is 1. The molecule has 0 radical (unpaired) electrons. The lowest BCUT2D eigenvalue weighted by Gasteiger charge is -2.28. The zero-order chi connectivity index (χ0) is 21.4. The summed E-state index contributed by atoms with van der Waals surface area (Å²) in [5.41, 5.74) is 4.24. The Hall–Kier alpha value is -3.16. The van der Waals surface area contributed by atoms with Gasteiger partial charge in [0.2, 0.25) is 5.78 Å².